The zero-order valence-corrected chi connectivity index (χ0v) is 10.3. The first-order chi connectivity index (χ1) is 7.72. The highest BCUT2D eigenvalue weighted by Gasteiger charge is 2.09. The summed E-state index contributed by atoms with van der Waals surface area (Å²) in [4.78, 5) is 0. The molecule has 16 heavy (non-hydrogen) atoms. The molecule has 0 unspecified atom stereocenters. The van der Waals surface area contributed by atoms with E-state index < -0.39 is 0 Å². The zero-order valence-electron chi connectivity index (χ0n) is 8.74. The maximum Gasteiger partial charge on any atom is 0.148 e. The highest BCUT2D eigenvalue weighted by atomic mass is 79.9. The summed E-state index contributed by atoms with van der Waals surface area (Å²) in [5, 5.41) is 7.30. The number of benzene rings is 1. The number of nitrogens with one attached hydrogen (secondary N) is 1. The van der Waals surface area contributed by atoms with Gasteiger partial charge in [0, 0.05) is 12.7 Å². The molecule has 0 bridgehead atoms. The minimum atomic E-state index is -0.284. The summed E-state index contributed by atoms with van der Waals surface area (Å²) in [6.45, 7) is 0.641. The van der Waals surface area contributed by atoms with Crippen molar-refractivity contribution in [3.8, 4) is 5.69 Å². The van der Waals surface area contributed by atoms with Crippen molar-refractivity contribution in [1.82, 2.24) is 15.1 Å². The van der Waals surface area contributed by atoms with Gasteiger partial charge in [0.25, 0.3) is 0 Å². The van der Waals surface area contributed by atoms with E-state index in [1.165, 1.54) is 10.7 Å². The fourth-order valence-electron chi connectivity index (χ4n) is 1.44. The Labute approximate surface area is 101 Å². The second-order valence-corrected chi connectivity index (χ2v) is 4.20. The van der Waals surface area contributed by atoms with E-state index in [4.69, 9.17) is 0 Å². The largest absolute Gasteiger partial charge is 0.314 e. The first-order valence-corrected chi connectivity index (χ1v) is 5.65. The van der Waals surface area contributed by atoms with E-state index >= 15 is 0 Å². The van der Waals surface area contributed by atoms with Crippen LogP contribution in [-0.4, -0.2) is 16.8 Å². The molecule has 0 aliphatic rings. The Balaban J connectivity index is 2.42. The molecule has 3 nitrogen and oxygen atoms in total. The Morgan fingerprint density at radius 3 is 2.88 bits per heavy atom. The molecule has 1 N–H and O–H groups in total. The van der Waals surface area contributed by atoms with Crippen LogP contribution in [0.1, 0.15) is 5.69 Å². The molecule has 1 heterocycles. The number of para-hydroxylation sites is 1. The lowest BCUT2D eigenvalue weighted by molar-refractivity contribution is 0.609. The predicted molar refractivity (Wildman–Crippen MR) is 64.0 cm³/mol. The van der Waals surface area contributed by atoms with Gasteiger partial charge in [0.15, 0.2) is 0 Å². The molecule has 2 rings (SSSR count). The van der Waals surface area contributed by atoms with Gasteiger partial charge >= 0.3 is 0 Å². The Bertz CT molecular complexity index is 496. The molecule has 0 saturated heterocycles. The molecule has 0 atom stereocenters. The van der Waals surface area contributed by atoms with Gasteiger partial charge in [-0.05, 0) is 35.1 Å². The molecule has 0 spiro atoms. The van der Waals surface area contributed by atoms with Crippen molar-refractivity contribution in [2.75, 3.05) is 7.05 Å². The number of hydrogen-bond donors (Lipinski definition) is 1. The Morgan fingerprint density at radius 1 is 1.44 bits per heavy atom. The van der Waals surface area contributed by atoms with E-state index in [-0.39, 0.29) is 5.82 Å². The van der Waals surface area contributed by atoms with Crippen LogP contribution in [0.4, 0.5) is 4.39 Å². The molecule has 1 aromatic heterocycles. The number of nitrogens with zero attached hydrogens (tertiary/aromatic N) is 2. The molecular formula is C11H11BrFN3. The van der Waals surface area contributed by atoms with Gasteiger partial charge in [-0.2, -0.15) is 5.10 Å². The normalized spacial score (nSPS) is 10.7. The maximum absolute atomic E-state index is 13.5. The first-order valence-electron chi connectivity index (χ1n) is 4.86. The van der Waals surface area contributed by atoms with E-state index in [9.17, 15) is 4.39 Å². The van der Waals surface area contributed by atoms with Crippen molar-refractivity contribution in [3.63, 3.8) is 0 Å². The summed E-state index contributed by atoms with van der Waals surface area (Å²) in [5.41, 5.74) is 1.30. The molecular weight excluding hydrogens is 273 g/mol. The van der Waals surface area contributed by atoms with Crippen LogP contribution in [0, 0.1) is 5.82 Å². The van der Waals surface area contributed by atoms with E-state index in [2.05, 4.69) is 26.3 Å². The second kappa shape index (κ2) is 4.76. The minimum Gasteiger partial charge on any atom is -0.314 e. The highest BCUT2D eigenvalue weighted by Crippen LogP contribution is 2.19. The van der Waals surface area contributed by atoms with Gasteiger partial charge < -0.3 is 5.32 Å². The van der Waals surface area contributed by atoms with Crippen LogP contribution in [0.2, 0.25) is 0 Å². The molecule has 1 aromatic carbocycles. The van der Waals surface area contributed by atoms with Gasteiger partial charge in [0.1, 0.15) is 11.5 Å². The van der Waals surface area contributed by atoms with Crippen molar-refractivity contribution in [3.05, 3.63) is 46.4 Å². The van der Waals surface area contributed by atoms with Crippen molar-refractivity contribution in [2.45, 2.75) is 6.54 Å². The molecule has 0 saturated carbocycles. The summed E-state index contributed by atoms with van der Waals surface area (Å²) >= 11 is 3.39. The number of rotatable bonds is 3. The predicted octanol–water partition coefficient (Wildman–Crippen LogP) is 2.49. The summed E-state index contributed by atoms with van der Waals surface area (Å²) in [6, 6.07) is 6.55. The SMILES string of the molecule is CNCc1nn(-c2ccccc2F)cc1Br. The number of halogens is 2. The summed E-state index contributed by atoms with van der Waals surface area (Å²) < 4.78 is 15.9. The van der Waals surface area contributed by atoms with Crippen LogP contribution in [0.15, 0.2) is 34.9 Å². The molecule has 0 amide bonds. The molecule has 0 fully saturated rings. The van der Waals surface area contributed by atoms with Crippen LogP contribution in [0.25, 0.3) is 5.69 Å². The van der Waals surface area contributed by atoms with E-state index in [0.29, 0.717) is 12.2 Å². The third-order valence-electron chi connectivity index (χ3n) is 2.18. The van der Waals surface area contributed by atoms with Gasteiger partial charge in [-0.15, -0.1) is 0 Å². The van der Waals surface area contributed by atoms with E-state index in [1.54, 1.807) is 24.4 Å². The van der Waals surface area contributed by atoms with Crippen LogP contribution in [0.3, 0.4) is 0 Å². The van der Waals surface area contributed by atoms with Gasteiger partial charge in [0.2, 0.25) is 0 Å². The van der Waals surface area contributed by atoms with Crippen LogP contribution in [0.5, 0.6) is 0 Å². The second-order valence-electron chi connectivity index (χ2n) is 3.35. The molecule has 5 heteroatoms. The molecule has 2 aromatic rings. The molecule has 0 radical (unpaired) electrons. The summed E-state index contributed by atoms with van der Waals surface area (Å²) in [5.74, 6) is -0.284. The number of hydrogen-bond acceptors (Lipinski definition) is 2. The molecule has 0 aliphatic carbocycles. The average Bonchev–Trinajstić information content (AvgIpc) is 2.61. The molecule has 0 aliphatic heterocycles. The summed E-state index contributed by atoms with van der Waals surface area (Å²) in [6.07, 6.45) is 1.76. The lowest BCUT2D eigenvalue weighted by Crippen LogP contribution is -2.07. The van der Waals surface area contributed by atoms with Crippen molar-refractivity contribution < 1.29 is 4.39 Å². The third-order valence-corrected chi connectivity index (χ3v) is 2.85. The van der Waals surface area contributed by atoms with Crippen molar-refractivity contribution >= 4 is 15.9 Å². The Morgan fingerprint density at radius 2 is 2.19 bits per heavy atom. The first kappa shape index (κ1) is 11.3. The van der Waals surface area contributed by atoms with Crippen LogP contribution in [-0.2, 0) is 6.54 Å². The number of aromatic nitrogens is 2. The zero-order chi connectivity index (χ0) is 11.5. The standard InChI is InChI=1S/C11H11BrFN3/c1-14-6-10-8(12)7-16(15-10)11-5-3-2-4-9(11)13/h2-5,7,14H,6H2,1H3. The smallest absolute Gasteiger partial charge is 0.148 e. The minimum absolute atomic E-state index is 0.284. The van der Waals surface area contributed by atoms with Gasteiger partial charge in [0.05, 0.1) is 10.2 Å². The van der Waals surface area contributed by atoms with E-state index in [1.807, 2.05) is 7.05 Å². The Hall–Kier alpha value is -1.20. The topological polar surface area (TPSA) is 29.9 Å². The lowest BCUT2D eigenvalue weighted by atomic mass is 10.3. The van der Waals surface area contributed by atoms with Crippen LogP contribution < -0.4 is 5.32 Å². The lowest BCUT2D eigenvalue weighted by Gasteiger charge is -2.01. The fourth-order valence-corrected chi connectivity index (χ4v) is 1.85. The van der Waals surface area contributed by atoms with Gasteiger partial charge in [-0.25, -0.2) is 9.07 Å². The van der Waals surface area contributed by atoms with Gasteiger partial charge in [-0.3, -0.25) is 0 Å². The fraction of sp³-hybridized carbons (Fsp3) is 0.182. The van der Waals surface area contributed by atoms with Crippen molar-refractivity contribution in [1.29, 1.82) is 0 Å². The van der Waals surface area contributed by atoms with E-state index in [0.717, 1.165) is 10.2 Å². The summed E-state index contributed by atoms with van der Waals surface area (Å²) in [7, 11) is 1.84. The maximum atomic E-state index is 13.5. The highest BCUT2D eigenvalue weighted by molar-refractivity contribution is 9.10. The van der Waals surface area contributed by atoms with Crippen molar-refractivity contribution in [2.24, 2.45) is 0 Å². The monoisotopic (exact) mass is 283 g/mol. The quantitative estimate of drug-likeness (QED) is 0.938. The van der Waals surface area contributed by atoms with Crippen LogP contribution >= 0.6 is 15.9 Å². The van der Waals surface area contributed by atoms with Gasteiger partial charge in [-0.1, -0.05) is 12.1 Å². The molecule has 84 valence electrons. The average molecular weight is 284 g/mol. The Kier molecular flexibility index (Phi) is 3.36. The third kappa shape index (κ3) is 2.15.